The maximum atomic E-state index is 12.2. The number of carboxylic acids is 1. The van der Waals surface area contributed by atoms with Gasteiger partial charge < -0.3 is 15.7 Å². The zero-order valence-corrected chi connectivity index (χ0v) is 14.5. The van der Waals surface area contributed by atoms with Crippen LogP contribution in [0.2, 0.25) is 0 Å². The first-order valence-corrected chi connectivity index (χ1v) is 8.02. The molecule has 0 aliphatic heterocycles. The number of nitriles is 1. The summed E-state index contributed by atoms with van der Waals surface area (Å²) in [6.45, 7) is 4.16. The molecule has 2 aromatic rings. The van der Waals surface area contributed by atoms with Gasteiger partial charge in [0, 0.05) is 17.6 Å². The Morgan fingerprint density at radius 1 is 1.04 bits per heavy atom. The highest BCUT2D eigenvalue weighted by atomic mass is 16.4. The largest absolute Gasteiger partial charge is 0.478 e. The molecular weight excluding hydrogens is 330 g/mol. The Morgan fingerprint density at radius 3 is 2.12 bits per heavy atom. The number of nitrogens with one attached hydrogen (secondary N) is 2. The second-order valence-electron chi connectivity index (χ2n) is 5.93. The van der Waals surface area contributed by atoms with E-state index in [4.69, 9.17) is 5.11 Å². The fourth-order valence-electron chi connectivity index (χ4n) is 2.16. The molecule has 6 nitrogen and oxygen atoms in total. The van der Waals surface area contributed by atoms with E-state index in [1.165, 1.54) is 18.3 Å². The zero-order valence-electron chi connectivity index (χ0n) is 14.5. The minimum absolute atomic E-state index is 0.0970. The van der Waals surface area contributed by atoms with Crippen molar-refractivity contribution < 1.29 is 14.7 Å². The van der Waals surface area contributed by atoms with Gasteiger partial charge in [-0.05, 0) is 47.9 Å². The molecule has 6 heteroatoms. The molecule has 0 bridgehead atoms. The second kappa shape index (κ2) is 8.49. The van der Waals surface area contributed by atoms with E-state index in [1.807, 2.05) is 18.2 Å². The van der Waals surface area contributed by atoms with Crippen LogP contribution in [0.15, 0.2) is 60.3 Å². The number of nitrogens with zero attached hydrogens (tertiary/aromatic N) is 1. The van der Waals surface area contributed by atoms with Crippen LogP contribution in [0.25, 0.3) is 0 Å². The second-order valence-corrected chi connectivity index (χ2v) is 5.93. The quantitative estimate of drug-likeness (QED) is 0.541. The van der Waals surface area contributed by atoms with Crippen molar-refractivity contribution in [2.45, 2.75) is 19.8 Å². The van der Waals surface area contributed by atoms with Crippen molar-refractivity contribution in [1.82, 2.24) is 0 Å². The fraction of sp³-hybridized carbons (Fsp3) is 0.150. The first kappa shape index (κ1) is 18.7. The number of hydrogen-bond donors (Lipinski definition) is 3. The number of benzene rings is 2. The van der Waals surface area contributed by atoms with Gasteiger partial charge in [0.05, 0.1) is 5.56 Å². The normalized spacial score (nSPS) is 10.9. The summed E-state index contributed by atoms with van der Waals surface area (Å²) < 4.78 is 0. The van der Waals surface area contributed by atoms with Gasteiger partial charge in [-0.3, -0.25) is 4.79 Å². The van der Waals surface area contributed by atoms with Crippen molar-refractivity contribution in [3.63, 3.8) is 0 Å². The van der Waals surface area contributed by atoms with Crippen LogP contribution in [0.4, 0.5) is 11.4 Å². The Balaban J connectivity index is 2.04. The standard InChI is InChI=1S/C20H19N3O3/c1-13(2)14-3-9-18(10-4-14)23-19(24)16(11-21)12-22-17-7-5-15(6-8-17)20(25)26/h3-10,12-13,22H,1-2H3,(H,23,24)(H,25,26)/b16-12-. The van der Waals surface area contributed by atoms with Crippen molar-refractivity contribution in [2.75, 3.05) is 10.6 Å². The van der Waals surface area contributed by atoms with Gasteiger partial charge in [0.2, 0.25) is 0 Å². The highest BCUT2D eigenvalue weighted by molar-refractivity contribution is 6.06. The van der Waals surface area contributed by atoms with Gasteiger partial charge in [-0.2, -0.15) is 5.26 Å². The molecule has 132 valence electrons. The molecule has 2 aromatic carbocycles. The molecule has 0 heterocycles. The SMILES string of the molecule is CC(C)c1ccc(NC(=O)/C(C#N)=C\Nc2ccc(C(=O)O)cc2)cc1. The topological polar surface area (TPSA) is 102 Å². The maximum Gasteiger partial charge on any atom is 0.335 e. The van der Waals surface area contributed by atoms with Gasteiger partial charge in [0.25, 0.3) is 5.91 Å². The van der Waals surface area contributed by atoms with Crippen molar-refractivity contribution in [1.29, 1.82) is 5.26 Å². The van der Waals surface area contributed by atoms with Gasteiger partial charge in [-0.25, -0.2) is 4.79 Å². The molecule has 2 rings (SSSR count). The molecule has 0 fully saturated rings. The monoisotopic (exact) mass is 349 g/mol. The molecule has 0 aromatic heterocycles. The summed E-state index contributed by atoms with van der Waals surface area (Å²) in [5.74, 6) is -1.15. The Labute approximate surface area is 151 Å². The van der Waals surface area contributed by atoms with E-state index >= 15 is 0 Å². The molecule has 0 saturated carbocycles. The van der Waals surface area contributed by atoms with Crippen molar-refractivity contribution in [3.05, 3.63) is 71.4 Å². The van der Waals surface area contributed by atoms with Gasteiger partial charge in [0.15, 0.2) is 0 Å². The van der Waals surface area contributed by atoms with Crippen LogP contribution in [-0.4, -0.2) is 17.0 Å². The summed E-state index contributed by atoms with van der Waals surface area (Å²) >= 11 is 0. The smallest absolute Gasteiger partial charge is 0.335 e. The van der Waals surface area contributed by atoms with E-state index in [9.17, 15) is 14.9 Å². The van der Waals surface area contributed by atoms with Gasteiger partial charge in [-0.1, -0.05) is 26.0 Å². The summed E-state index contributed by atoms with van der Waals surface area (Å²) in [7, 11) is 0. The molecular formula is C20H19N3O3. The third kappa shape index (κ3) is 4.95. The molecule has 0 aliphatic carbocycles. The predicted molar refractivity (Wildman–Crippen MR) is 99.9 cm³/mol. The fourth-order valence-corrected chi connectivity index (χ4v) is 2.16. The lowest BCUT2D eigenvalue weighted by Gasteiger charge is -2.08. The molecule has 0 radical (unpaired) electrons. The van der Waals surface area contributed by atoms with E-state index in [2.05, 4.69) is 24.5 Å². The Bertz CT molecular complexity index is 861. The Kier molecular flexibility index (Phi) is 6.12. The lowest BCUT2D eigenvalue weighted by atomic mass is 10.0. The van der Waals surface area contributed by atoms with Crippen LogP contribution < -0.4 is 10.6 Å². The third-order valence-corrected chi connectivity index (χ3v) is 3.72. The minimum atomic E-state index is -1.02. The molecule has 0 saturated heterocycles. The summed E-state index contributed by atoms with van der Waals surface area (Å²) in [5.41, 5.74) is 2.39. The predicted octanol–water partition coefficient (Wildman–Crippen LogP) is 3.97. The lowest BCUT2D eigenvalue weighted by Crippen LogP contribution is -2.14. The number of carboxylic acid groups (broad SMARTS) is 1. The Morgan fingerprint density at radius 2 is 1.62 bits per heavy atom. The first-order valence-electron chi connectivity index (χ1n) is 8.02. The number of rotatable bonds is 6. The van der Waals surface area contributed by atoms with E-state index < -0.39 is 11.9 Å². The summed E-state index contributed by atoms with van der Waals surface area (Å²) in [6, 6.07) is 15.3. The van der Waals surface area contributed by atoms with Crippen LogP contribution in [0, 0.1) is 11.3 Å². The third-order valence-electron chi connectivity index (χ3n) is 3.72. The van der Waals surface area contributed by atoms with Crippen LogP contribution in [0.5, 0.6) is 0 Å². The molecule has 0 spiro atoms. The lowest BCUT2D eigenvalue weighted by molar-refractivity contribution is -0.112. The van der Waals surface area contributed by atoms with Crippen molar-refractivity contribution in [2.24, 2.45) is 0 Å². The van der Waals surface area contributed by atoms with Crippen LogP contribution >= 0.6 is 0 Å². The van der Waals surface area contributed by atoms with Crippen molar-refractivity contribution >= 4 is 23.3 Å². The molecule has 0 aliphatic rings. The summed E-state index contributed by atoms with van der Waals surface area (Å²) in [5, 5.41) is 23.5. The molecule has 1 amide bonds. The average Bonchev–Trinajstić information content (AvgIpc) is 2.63. The van der Waals surface area contributed by atoms with Crippen LogP contribution in [0.1, 0.15) is 35.7 Å². The summed E-state index contributed by atoms with van der Waals surface area (Å²) in [6.07, 6.45) is 1.29. The number of hydrogen-bond acceptors (Lipinski definition) is 4. The highest BCUT2D eigenvalue weighted by Gasteiger charge is 2.10. The number of aromatic carboxylic acids is 1. The van der Waals surface area contributed by atoms with E-state index in [-0.39, 0.29) is 11.1 Å². The first-order chi connectivity index (χ1) is 12.4. The maximum absolute atomic E-state index is 12.2. The molecule has 0 unspecified atom stereocenters. The van der Waals surface area contributed by atoms with Gasteiger partial charge >= 0.3 is 5.97 Å². The number of anilines is 2. The molecule has 0 atom stereocenters. The number of carbonyl (C=O) groups excluding carboxylic acids is 1. The average molecular weight is 349 g/mol. The van der Waals surface area contributed by atoms with Crippen LogP contribution in [0.3, 0.4) is 0 Å². The zero-order chi connectivity index (χ0) is 19.1. The van der Waals surface area contributed by atoms with E-state index in [0.29, 0.717) is 17.3 Å². The number of carbonyl (C=O) groups is 2. The van der Waals surface area contributed by atoms with E-state index in [0.717, 1.165) is 5.56 Å². The van der Waals surface area contributed by atoms with Gasteiger partial charge in [0.1, 0.15) is 11.6 Å². The molecule has 3 N–H and O–H groups in total. The highest BCUT2D eigenvalue weighted by Crippen LogP contribution is 2.17. The van der Waals surface area contributed by atoms with Crippen molar-refractivity contribution in [3.8, 4) is 6.07 Å². The number of amides is 1. The minimum Gasteiger partial charge on any atom is -0.478 e. The van der Waals surface area contributed by atoms with Crippen LogP contribution in [-0.2, 0) is 4.79 Å². The van der Waals surface area contributed by atoms with Gasteiger partial charge in [-0.15, -0.1) is 0 Å². The Hall–Kier alpha value is -3.59. The van der Waals surface area contributed by atoms with E-state index in [1.54, 1.807) is 24.3 Å². The molecule has 26 heavy (non-hydrogen) atoms. The summed E-state index contributed by atoms with van der Waals surface area (Å²) in [4.78, 5) is 23.0.